The van der Waals surface area contributed by atoms with Crippen molar-refractivity contribution in [2.24, 2.45) is 5.92 Å². The lowest BCUT2D eigenvalue weighted by atomic mass is 9.92. The number of fused-ring (bicyclic) bond motifs is 1. The van der Waals surface area contributed by atoms with E-state index in [1.54, 1.807) is 12.1 Å². The third-order valence-electron chi connectivity index (χ3n) is 4.58. The summed E-state index contributed by atoms with van der Waals surface area (Å²) in [6.07, 6.45) is 2.11. The lowest BCUT2D eigenvalue weighted by Gasteiger charge is -2.26. The summed E-state index contributed by atoms with van der Waals surface area (Å²) in [7, 11) is 0. The highest BCUT2D eigenvalue weighted by molar-refractivity contribution is 6.31. The number of halogens is 2. The first-order valence-corrected chi connectivity index (χ1v) is 8.96. The van der Waals surface area contributed by atoms with E-state index in [2.05, 4.69) is 23.5 Å². The second kappa shape index (κ2) is 7.87. The maximum atomic E-state index is 13.9. The van der Waals surface area contributed by atoms with E-state index in [4.69, 9.17) is 21.7 Å². The van der Waals surface area contributed by atoms with Gasteiger partial charge in [-0.1, -0.05) is 29.8 Å². The Morgan fingerprint density at radius 2 is 2.16 bits per heavy atom. The van der Waals surface area contributed by atoms with Crippen LogP contribution in [0, 0.1) is 17.1 Å². The number of rotatable bonds is 5. The smallest absolute Gasteiger partial charge is 0.185 e. The van der Waals surface area contributed by atoms with Crippen LogP contribution in [0.5, 0.6) is 0 Å². The first-order valence-electron chi connectivity index (χ1n) is 8.58. The van der Waals surface area contributed by atoms with E-state index in [9.17, 15) is 4.39 Å². The van der Waals surface area contributed by atoms with Crippen molar-refractivity contribution in [2.45, 2.75) is 26.2 Å². The minimum Gasteiger partial charge on any atom is -0.481 e. The molecule has 132 valence electrons. The van der Waals surface area contributed by atoms with Crippen molar-refractivity contribution in [1.29, 1.82) is 5.41 Å². The summed E-state index contributed by atoms with van der Waals surface area (Å²) in [5.41, 5.74) is 4.00. The highest BCUT2D eigenvalue weighted by atomic mass is 35.5. The molecule has 0 aromatic heterocycles. The Morgan fingerprint density at radius 3 is 2.92 bits per heavy atom. The van der Waals surface area contributed by atoms with Crippen LogP contribution in [-0.2, 0) is 24.0 Å². The second-order valence-electron chi connectivity index (χ2n) is 6.27. The van der Waals surface area contributed by atoms with Crippen LogP contribution in [0.3, 0.4) is 0 Å². The van der Waals surface area contributed by atoms with Crippen LogP contribution in [0.1, 0.15) is 23.6 Å². The summed E-state index contributed by atoms with van der Waals surface area (Å²) in [5.74, 6) is 0.176. The molecule has 3 rings (SSSR count). The van der Waals surface area contributed by atoms with Gasteiger partial charge in [0.1, 0.15) is 5.82 Å². The molecule has 2 aromatic carbocycles. The zero-order valence-corrected chi connectivity index (χ0v) is 15.0. The van der Waals surface area contributed by atoms with E-state index in [-0.39, 0.29) is 11.7 Å². The summed E-state index contributed by atoms with van der Waals surface area (Å²) in [5, 5.41) is 11.8. The predicted octanol–water partition coefficient (Wildman–Crippen LogP) is 4.86. The standard InChI is InChI=1S/C20H22ClFN2O/c1-2-25-20(23)15-11-14-8-6-13(10-19(14)24-12-15)7-9-16-17(21)4-3-5-18(16)22/h3-6,8,10,15,23-24H,2,7,9,11-12H2,1H3. The van der Waals surface area contributed by atoms with Gasteiger partial charge in [-0.25, -0.2) is 4.39 Å². The van der Waals surface area contributed by atoms with Gasteiger partial charge in [-0.3, -0.25) is 5.41 Å². The van der Waals surface area contributed by atoms with Crippen molar-refractivity contribution < 1.29 is 9.13 Å². The number of ether oxygens (including phenoxy) is 1. The van der Waals surface area contributed by atoms with Gasteiger partial charge in [0.15, 0.2) is 5.90 Å². The number of anilines is 1. The quantitative estimate of drug-likeness (QED) is 0.590. The monoisotopic (exact) mass is 360 g/mol. The molecule has 0 amide bonds. The maximum absolute atomic E-state index is 13.9. The molecule has 1 atom stereocenters. The normalized spacial score (nSPS) is 16.0. The molecule has 3 nitrogen and oxygen atoms in total. The number of hydrogen-bond acceptors (Lipinski definition) is 3. The van der Waals surface area contributed by atoms with Crippen LogP contribution < -0.4 is 5.32 Å². The number of nitrogens with one attached hydrogen (secondary N) is 2. The lowest BCUT2D eigenvalue weighted by Crippen LogP contribution is -2.30. The fourth-order valence-electron chi connectivity index (χ4n) is 3.19. The van der Waals surface area contributed by atoms with Gasteiger partial charge < -0.3 is 10.1 Å². The van der Waals surface area contributed by atoms with Crippen molar-refractivity contribution in [3.8, 4) is 0 Å². The van der Waals surface area contributed by atoms with E-state index in [1.807, 2.05) is 6.92 Å². The number of hydrogen-bond donors (Lipinski definition) is 2. The van der Waals surface area contributed by atoms with Crippen LogP contribution in [0.25, 0.3) is 0 Å². The first kappa shape index (κ1) is 17.7. The fraction of sp³-hybridized carbons (Fsp3) is 0.350. The van der Waals surface area contributed by atoms with E-state index in [1.165, 1.54) is 11.6 Å². The summed E-state index contributed by atoms with van der Waals surface area (Å²) >= 11 is 6.10. The molecule has 25 heavy (non-hydrogen) atoms. The number of benzene rings is 2. The Hall–Kier alpha value is -2.07. The molecular formula is C20H22ClFN2O. The van der Waals surface area contributed by atoms with Crippen LogP contribution >= 0.6 is 11.6 Å². The Kier molecular flexibility index (Phi) is 5.59. The highest BCUT2D eigenvalue weighted by Crippen LogP contribution is 2.28. The van der Waals surface area contributed by atoms with Crippen molar-refractivity contribution in [3.05, 3.63) is 63.9 Å². The van der Waals surface area contributed by atoms with Crippen molar-refractivity contribution >= 4 is 23.2 Å². The molecule has 1 unspecified atom stereocenters. The molecule has 1 aliphatic rings. The molecule has 1 heterocycles. The topological polar surface area (TPSA) is 45.1 Å². The minimum absolute atomic E-state index is 0.0792. The van der Waals surface area contributed by atoms with Gasteiger partial charge in [-0.15, -0.1) is 0 Å². The first-order chi connectivity index (χ1) is 12.1. The van der Waals surface area contributed by atoms with Gasteiger partial charge in [0.05, 0.1) is 12.5 Å². The fourth-order valence-corrected chi connectivity index (χ4v) is 3.45. The Morgan fingerprint density at radius 1 is 1.32 bits per heavy atom. The van der Waals surface area contributed by atoms with Gasteiger partial charge in [0.2, 0.25) is 0 Å². The van der Waals surface area contributed by atoms with E-state index in [0.29, 0.717) is 36.1 Å². The summed E-state index contributed by atoms with van der Waals surface area (Å²) in [6, 6.07) is 11.1. The van der Waals surface area contributed by atoms with Gasteiger partial charge in [0.25, 0.3) is 0 Å². The maximum Gasteiger partial charge on any atom is 0.185 e. The Bertz CT molecular complexity index is 758. The second-order valence-corrected chi connectivity index (χ2v) is 6.68. The molecule has 2 N–H and O–H groups in total. The highest BCUT2D eigenvalue weighted by Gasteiger charge is 2.23. The van der Waals surface area contributed by atoms with E-state index >= 15 is 0 Å². The van der Waals surface area contributed by atoms with Gasteiger partial charge in [-0.05, 0) is 55.5 Å². The largest absolute Gasteiger partial charge is 0.481 e. The summed E-state index contributed by atoms with van der Waals surface area (Å²) < 4.78 is 19.2. The zero-order valence-electron chi connectivity index (χ0n) is 14.2. The van der Waals surface area contributed by atoms with Gasteiger partial charge >= 0.3 is 0 Å². The van der Waals surface area contributed by atoms with Crippen molar-refractivity contribution in [3.63, 3.8) is 0 Å². The van der Waals surface area contributed by atoms with Crippen LogP contribution in [0.15, 0.2) is 36.4 Å². The molecule has 0 saturated heterocycles. The molecule has 0 spiro atoms. The lowest BCUT2D eigenvalue weighted by molar-refractivity contribution is 0.296. The zero-order chi connectivity index (χ0) is 17.8. The van der Waals surface area contributed by atoms with Gasteiger partial charge in [0, 0.05) is 22.8 Å². The molecule has 2 aromatic rings. The minimum atomic E-state index is -0.249. The average Bonchev–Trinajstić information content (AvgIpc) is 2.61. The third-order valence-corrected chi connectivity index (χ3v) is 4.93. The predicted molar refractivity (Wildman–Crippen MR) is 100 cm³/mol. The average molecular weight is 361 g/mol. The van der Waals surface area contributed by atoms with E-state index in [0.717, 1.165) is 24.1 Å². The molecule has 0 fully saturated rings. The van der Waals surface area contributed by atoms with Crippen LogP contribution in [0.4, 0.5) is 10.1 Å². The third kappa shape index (κ3) is 4.13. The molecule has 0 bridgehead atoms. The molecule has 0 aliphatic carbocycles. The van der Waals surface area contributed by atoms with Crippen LogP contribution in [-0.4, -0.2) is 19.0 Å². The Labute approximate surface area is 152 Å². The van der Waals surface area contributed by atoms with Crippen LogP contribution in [0.2, 0.25) is 5.02 Å². The SMILES string of the molecule is CCOC(=N)C1CNc2cc(CCc3c(F)cccc3Cl)ccc2C1. The molecular weight excluding hydrogens is 339 g/mol. The van der Waals surface area contributed by atoms with Gasteiger partial charge in [-0.2, -0.15) is 0 Å². The Balaban J connectivity index is 1.67. The molecule has 5 heteroatoms. The summed E-state index contributed by atoms with van der Waals surface area (Å²) in [4.78, 5) is 0. The number of aryl methyl sites for hydroxylation is 1. The van der Waals surface area contributed by atoms with Crippen molar-refractivity contribution in [2.75, 3.05) is 18.5 Å². The molecule has 0 saturated carbocycles. The summed E-state index contributed by atoms with van der Waals surface area (Å²) in [6.45, 7) is 3.13. The molecule has 1 aliphatic heterocycles. The molecule has 0 radical (unpaired) electrons. The van der Waals surface area contributed by atoms with Crippen molar-refractivity contribution in [1.82, 2.24) is 0 Å². The van der Waals surface area contributed by atoms with E-state index < -0.39 is 0 Å².